The highest BCUT2D eigenvalue weighted by molar-refractivity contribution is 7.84. The fourth-order valence-electron chi connectivity index (χ4n) is 1.69. The molecule has 0 aliphatic carbocycles. The predicted molar refractivity (Wildman–Crippen MR) is 72.1 cm³/mol. The van der Waals surface area contributed by atoms with E-state index in [-0.39, 0.29) is 5.69 Å². The van der Waals surface area contributed by atoms with Crippen molar-refractivity contribution in [2.45, 2.75) is 17.6 Å². The predicted octanol–water partition coefficient (Wildman–Crippen LogP) is 3.02. The molecule has 0 heterocycles. The molecule has 0 amide bonds. The second-order valence-corrected chi connectivity index (χ2v) is 5.61. The summed E-state index contributed by atoms with van der Waals surface area (Å²) in [7, 11) is -1.26. The van der Waals surface area contributed by atoms with Crippen molar-refractivity contribution in [2.75, 3.05) is 5.73 Å². The molecule has 0 aliphatic rings. The summed E-state index contributed by atoms with van der Waals surface area (Å²) < 4.78 is 25.4. The van der Waals surface area contributed by atoms with Crippen LogP contribution in [0.15, 0.2) is 47.4 Å². The van der Waals surface area contributed by atoms with Crippen LogP contribution in [0.5, 0.6) is 0 Å². The lowest BCUT2D eigenvalue weighted by Gasteiger charge is -2.05. The van der Waals surface area contributed by atoms with Crippen molar-refractivity contribution in [3.8, 4) is 0 Å². The highest BCUT2D eigenvalue weighted by atomic mass is 32.2. The summed E-state index contributed by atoms with van der Waals surface area (Å²) in [5.74, 6) is -0.143. The van der Waals surface area contributed by atoms with Gasteiger partial charge in [-0.1, -0.05) is 29.8 Å². The molecule has 0 spiro atoms. The molecule has 0 aromatic heterocycles. The highest BCUT2D eigenvalue weighted by Crippen LogP contribution is 2.18. The maximum absolute atomic E-state index is 13.3. The molecule has 1 atom stereocenters. The molecule has 2 aromatic carbocycles. The van der Waals surface area contributed by atoms with Crippen LogP contribution < -0.4 is 5.73 Å². The van der Waals surface area contributed by atoms with Crippen LogP contribution in [0.3, 0.4) is 0 Å². The lowest BCUT2D eigenvalue weighted by atomic mass is 10.2. The van der Waals surface area contributed by atoms with E-state index in [1.165, 1.54) is 12.1 Å². The third-order valence-electron chi connectivity index (χ3n) is 2.62. The Morgan fingerprint density at radius 2 is 2.00 bits per heavy atom. The quantitative estimate of drug-likeness (QED) is 0.865. The first-order chi connectivity index (χ1) is 8.56. The average Bonchev–Trinajstić information content (AvgIpc) is 2.32. The minimum Gasteiger partial charge on any atom is -0.396 e. The van der Waals surface area contributed by atoms with Crippen LogP contribution >= 0.6 is 0 Å². The van der Waals surface area contributed by atoms with E-state index in [0.29, 0.717) is 10.6 Å². The second kappa shape index (κ2) is 5.31. The molecule has 1 unspecified atom stereocenters. The van der Waals surface area contributed by atoms with Gasteiger partial charge in [0.2, 0.25) is 0 Å². The Kier molecular flexibility index (Phi) is 3.77. The first-order valence-electron chi connectivity index (χ1n) is 5.55. The van der Waals surface area contributed by atoms with E-state index in [2.05, 4.69) is 0 Å². The Bertz CT molecular complexity index is 598. The third-order valence-corrected chi connectivity index (χ3v) is 3.99. The summed E-state index contributed by atoms with van der Waals surface area (Å²) in [5.41, 5.74) is 7.56. The second-order valence-electron chi connectivity index (χ2n) is 4.16. The van der Waals surface area contributed by atoms with E-state index >= 15 is 0 Å². The van der Waals surface area contributed by atoms with Gasteiger partial charge in [-0.25, -0.2) is 4.39 Å². The number of nitrogens with two attached hydrogens (primary N) is 1. The lowest BCUT2D eigenvalue weighted by Crippen LogP contribution is -1.99. The molecular formula is C14H14FNOS. The minimum atomic E-state index is -1.26. The Morgan fingerprint density at radius 3 is 2.67 bits per heavy atom. The standard InChI is InChI=1S/C14H14FNOS/c1-10-3-2-4-11(7-10)9-18(17)12-5-6-14(16)13(15)8-12/h2-8H,9,16H2,1H3. The molecule has 18 heavy (non-hydrogen) atoms. The fourth-order valence-corrected chi connectivity index (χ4v) is 2.79. The van der Waals surface area contributed by atoms with Gasteiger partial charge in [0, 0.05) is 4.90 Å². The average molecular weight is 263 g/mol. The molecule has 0 aliphatic heterocycles. The molecular weight excluding hydrogens is 249 g/mol. The van der Waals surface area contributed by atoms with E-state index in [1.807, 2.05) is 31.2 Å². The van der Waals surface area contributed by atoms with E-state index in [0.717, 1.165) is 11.1 Å². The fraction of sp³-hybridized carbons (Fsp3) is 0.143. The summed E-state index contributed by atoms with van der Waals surface area (Å²) in [6.45, 7) is 1.98. The molecule has 4 heteroatoms. The summed E-state index contributed by atoms with van der Waals surface area (Å²) in [6, 6.07) is 12.1. The number of rotatable bonds is 3. The van der Waals surface area contributed by atoms with Crippen LogP contribution in [0, 0.1) is 12.7 Å². The van der Waals surface area contributed by atoms with Crippen LogP contribution in [0.4, 0.5) is 10.1 Å². The van der Waals surface area contributed by atoms with E-state index in [4.69, 9.17) is 5.73 Å². The van der Waals surface area contributed by atoms with E-state index in [9.17, 15) is 8.60 Å². The van der Waals surface area contributed by atoms with Crippen LogP contribution in [0.1, 0.15) is 11.1 Å². The summed E-state index contributed by atoms with van der Waals surface area (Å²) in [5, 5.41) is 0. The van der Waals surface area contributed by atoms with Gasteiger partial charge < -0.3 is 5.73 Å². The van der Waals surface area contributed by atoms with Crippen molar-refractivity contribution in [2.24, 2.45) is 0 Å². The number of aryl methyl sites for hydroxylation is 1. The van der Waals surface area contributed by atoms with E-state index < -0.39 is 16.6 Å². The van der Waals surface area contributed by atoms with Gasteiger partial charge in [0.25, 0.3) is 0 Å². The van der Waals surface area contributed by atoms with Crippen LogP contribution in [-0.4, -0.2) is 4.21 Å². The maximum Gasteiger partial charge on any atom is 0.147 e. The minimum absolute atomic E-state index is 0.0753. The van der Waals surface area contributed by atoms with Gasteiger partial charge in [-0.05, 0) is 30.7 Å². The number of anilines is 1. The van der Waals surface area contributed by atoms with Gasteiger partial charge in [-0.15, -0.1) is 0 Å². The van der Waals surface area contributed by atoms with Gasteiger partial charge in [-0.2, -0.15) is 0 Å². The molecule has 2 N–H and O–H groups in total. The van der Waals surface area contributed by atoms with Crippen LogP contribution in [0.25, 0.3) is 0 Å². The first-order valence-corrected chi connectivity index (χ1v) is 6.87. The molecule has 94 valence electrons. The van der Waals surface area contributed by atoms with Gasteiger partial charge in [-0.3, -0.25) is 4.21 Å². The Morgan fingerprint density at radius 1 is 1.22 bits per heavy atom. The van der Waals surface area contributed by atoms with Gasteiger partial charge in [0.05, 0.1) is 22.2 Å². The molecule has 2 rings (SSSR count). The van der Waals surface area contributed by atoms with Gasteiger partial charge in [0.1, 0.15) is 5.82 Å². The zero-order valence-corrected chi connectivity index (χ0v) is 10.8. The lowest BCUT2D eigenvalue weighted by molar-refractivity contribution is 0.627. The van der Waals surface area contributed by atoms with Crippen molar-refractivity contribution in [1.29, 1.82) is 0 Å². The van der Waals surface area contributed by atoms with Gasteiger partial charge >= 0.3 is 0 Å². The van der Waals surface area contributed by atoms with Crippen molar-refractivity contribution in [1.82, 2.24) is 0 Å². The van der Waals surface area contributed by atoms with Crippen molar-refractivity contribution < 1.29 is 8.60 Å². The topological polar surface area (TPSA) is 43.1 Å². The van der Waals surface area contributed by atoms with Crippen LogP contribution in [-0.2, 0) is 16.6 Å². The van der Waals surface area contributed by atoms with Crippen molar-refractivity contribution in [3.05, 3.63) is 59.4 Å². The maximum atomic E-state index is 13.3. The Balaban J connectivity index is 2.19. The van der Waals surface area contributed by atoms with E-state index in [1.54, 1.807) is 6.07 Å². The zero-order chi connectivity index (χ0) is 13.1. The van der Waals surface area contributed by atoms with Crippen LogP contribution in [0.2, 0.25) is 0 Å². The summed E-state index contributed by atoms with van der Waals surface area (Å²) >= 11 is 0. The molecule has 2 nitrogen and oxygen atoms in total. The molecule has 2 aromatic rings. The smallest absolute Gasteiger partial charge is 0.147 e. The monoisotopic (exact) mass is 263 g/mol. The molecule has 0 fully saturated rings. The first kappa shape index (κ1) is 12.8. The summed E-state index contributed by atoms with van der Waals surface area (Å²) in [6.07, 6.45) is 0. The molecule has 0 radical (unpaired) electrons. The summed E-state index contributed by atoms with van der Waals surface area (Å²) in [4.78, 5) is 0.461. The SMILES string of the molecule is Cc1cccc(CS(=O)c2ccc(N)c(F)c2)c1. The number of hydrogen-bond donors (Lipinski definition) is 1. The van der Waals surface area contributed by atoms with Crippen molar-refractivity contribution in [3.63, 3.8) is 0 Å². The number of hydrogen-bond acceptors (Lipinski definition) is 2. The third kappa shape index (κ3) is 2.96. The number of halogens is 1. The molecule has 0 saturated carbocycles. The number of nitrogen functional groups attached to an aromatic ring is 1. The van der Waals surface area contributed by atoms with Gasteiger partial charge in [0.15, 0.2) is 0 Å². The largest absolute Gasteiger partial charge is 0.396 e. The number of benzene rings is 2. The molecule has 0 bridgehead atoms. The normalized spacial score (nSPS) is 12.3. The highest BCUT2D eigenvalue weighted by Gasteiger charge is 2.08. The van der Waals surface area contributed by atoms with Crippen molar-refractivity contribution >= 4 is 16.5 Å². The molecule has 0 saturated heterocycles. The zero-order valence-electron chi connectivity index (χ0n) is 10.0. The Hall–Kier alpha value is -1.68. The Labute approximate surface area is 108 Å².